The molecule has 0 aliphatic heterocycles. The maximum Gasteiger partial charge on any atom is 0.0948 e. The molecular formula is C8H15BrN2. The summed E-state index contributed by atoms with van der Waals surface area (Å²) in [5.74, 6) is 0. The van der Waals surface area contributed by atoms with Gasteiger partial charge in [-0.15, -0.1) is 17.0 Å². The Kier molecular flexibility index (Phi) is 5.20. The van der Waals surface area contributed by atoms with Crippen molar-refractivity contribution < 1.29 is 0 Å². The molecule has 0 aromatic carbocycles. The molecule has 1 unspecified atom stereocenters. The number of hydrogen-bond donors (Lipinski definition) is 0. The molecule has 1 aromatic heterocycles. The van der Waals surface area contributed by atoms with E-state index in [9.17, 15) is 0 Å². The van der Waals surface area contributed by atoms with Crippen LogP contribution in [0.4, 0.5) is 0 Å². The fourth-order valence-corrected chi connectivity index (χ4v) is 1.10. The van der Waals surface area contributed by atoms with Crippen LogP contribution >= 0.6 is 17.0 Å². The second-order valence-electron chi connectivity index (χ2n) is 2.65. The highest BCUT2D eigenvalue weighted by Gasteiger charge is 1.99. The molecule has 64 valence electrons. The van der Waals surface area contributed by atoms with Crippen LogP contribution in [0.15, 0.2) is 18.7 Å². The van der Waals surface area contributed by atoms with Gasteiger partial charge in [0.25, 0.3) is 0 Å². The topological polar surface area (TPSA) is 17.8 Å². The Morgan fingerprint density at radius 3 is 2.73 bits per heavy atom. The quantitative estimate of drug-likeness (QED) is 0.764. The summed E-state index contributed by atoms with van der Waals surface area (Å²) in [5.41, 5.74) is 0. The van der Waals surface area contributed by atoms with Gasteiger partial charge in [-0.2, -0.15) is 0 Å². The Morgan fingerprint density at radius 2 is 2.27 bits per heavy atom. The zero-order valence-electron chi connectivity index (χ0n) is 7.03. The molecule has 0 N–H and O–H groups in total. The average Bonchev–Trinajstić information content (AvgIpc) is 2.38. The number of halogens is 1. The molecule has 3 heteroatoms. The number of imidazole rings is 1. The number of aromatic nitrogens is 2. The van der Waals surface area contributed by atoms with E-state index in [1.165, 1.54) is 12.8 Å². The molecule has 0 saturated carbocycles. The average molecular weight is 219 g/mol. The molecule has 0 spiro atoms. The highest BCUT2D eigenvalue weighted by Crippen LogP contribution is 2.10. The third-order valence-electron chi connectivity index (χ3n) is 1.74. The van der Waals surface area contributed by atoms with Crippen molar-refractivity contribution in [3.63, 3.8) is 0 Å². The van der Waals surface area contributed by atoms with Crippen molar-refractivity contribution in [3.8, 4) is 0 Å². The molecule has 1 heterocycles. The molecule has 0 bridgehead atoms. The van der Waals surface area contributed by atoms with Crippen molar-refractivity contribution in [1.29, 1.82) is 0 Å². The van der Waals surface area contributed by atoms with Gasteiger partial charge in [-0.05, 0) is 13.3 Å². The van der Waals surface area contributed by atoms with E-state index in [1.54, 1.807) is 0 Å². The molecule has 0 amide bonds. The molecule has 1 atom stereocenters. The van der Waals surface area contributed by atoms with E-state index in [0.29, 0.717) is 6.04 Å². The molecule has 1 rings (SSSR count). The smallest absolute Gasteiger partial charge is 0.0948 e. The Hall–Kier alpha value is -0.310. The summed E-state index contributed by atoms with van der Waals surface area (Å²) in [4.78, 5) is 3.99. The third-order valence-corrected chi connectivity index (χ3v) is 1.74. The molecule has 0 saturated heterocycles. The monoisotopic (exact) mass is 218 g/mol. The fraction of sp³-hybridized carbons (Fsp3) is 0.625. The van der Waals surface area contributed by atoms with Crippen molar-refractivity contribution >= 4 is 17.0 Å². The molecule has 11 heavy (non-hydrogen) atoms. The van der Waals surface area contributed by atoms with E-state index < -0.39 is 0 Å². The van der Waals surface area contributed by atoms with E-state index in [-0.39, 0.29) is 17.0 Å². The van der Waals surface area contributed by atoms with Crippen molar-refractivity contribution in [2.75, 3.05) is 0 Å². The summed E-state index contributed by atoms with van der Waals surface area (Å²) < 4.78 is 2.14. The first-order chi connectivity index (χ1) is 4.84. The van der Waals surface area contributed by atoms with Crippen LogP contribution < -0.4 is 0 Å². The molecule has 0 radical (unpaired) electrons. The van der Waals surface area contributed by atoms with Crippen molar-refractivity contribution in [2.24, 2.45) is 0 Å². The highest BCUT2D eigenvalue weighted by atomic mass is 79.9. The van der Waals surface area contributed by atoms with Crippen molar-refractivity contribution in [1.82, 2.24) is 9.55 Å². The van der Waals surface area contributed by atoms with Crippen LogP contribution in [0.25, 0.3) is 0 Å². The summed E-state index contributed by atoms with van der Waals surface area (Å²) in [6.45, 7) is 4.42. The normalized spacial score (nSPS) is 12.2. The van der Waals surface area contributed by atoms with E-state index in [0.717, 1.165) is 0 Å². The second kappa shape index (κ2) is 5.35. The molecule has 2 nitrogen and oxygen atoms in total. The van der Waals surface area contributed by atoms with Crippen LogP contribution in [0, 0.1) is 0 Å². The van der Waals surface area contributed by atoms with Crippen molar-refractivity contribution in [3.05, 3.63) is 18.7 Å². The van der Waals surface area contributed by atoms with Gasteiger partial charge in [-0.1, -0.05) is 13.3 Å². The van der Waals surface area contributed by atoms with Crippen LogP contribution in [-0.4, -0.2) is 9.55 Å². The summed E-state index contributed by atoms with van der Waals surface area (Å²) in [7, 11) is 0. The summed E-state index contributed by atoms with van der Waals surface area (Å²) in [6, 6.07) is 0.604. The second-order valence-corrected chi connectivity index (χ2v) is 2.65. The van der Waals surface area contributed by atoms with Gasteiger partial charge in [0.05, 0.1) is 6.33 Å². The van der Waals surface area contributed by atoms with Gasteiger partial charge < -0.3 is 4.57 Å². The molecular weight excluding hydrogens is 204 g/mol. The standard InChI is InChI=1S/C8H14N2.BrH/c1-3-4-8(2)10-6-5-9-7-10;/h5-8H,3-4H2,1-2H3;1H. The first-order valence-electron chi connectivity index (χ1n) is 3.82. The van der Waals surface area contributed by atoms with Crippen LogP contribution in [0.5, 0.6) is 0 Å². The molecule has 0 aliphatic rings. The lowest BCUT2D eigenvalue weighted by Gasteiger charge is -2.10. The van der Waals surface area contributed by atoms with Gasteiger partial charge in [0.1, 0.15) is 0 Å². The van der Waals surface area contributed by atoms with Crippen LogP contribution in [0.1, 0.15) is 32.7 Å². The maximum atomic E-state index is 3.99. The number of rotatable bonds is 3. The number of hydrogen-bond acceptors (Lipinski definition) is 1. The van der Waals surface area contributed by atoms with E-state index >= 15 is 0 Å². The fourth-order valence-electron chi connectivity index (χ4n) is 1.10. The van der Waals surface area contributed by atoms with Gasteiger partial charge in [0, 0.05) is 18.4 Å². The van der Waals surface area contributed by atoms with Crippen LogP contribution in [-0.2, 0) is 0 Å². The summed E-state index contributed by atoms with van der Waals surface area (Å²) >= 11 is 0. The van der Waals surface area contributed by atoms with E-state index in [4.69, 9.17) is 0 Å². The van der Waals surface area contributed by atoms with Gasteiger partial charge in [-0.3, -0.25) is 0 Å². The van der Waals surface area contributed by atoms with Gasteiger partial charge in [0.2, 0.25) is 0 Å². The molecule has 0 aliphatic carbocycles. The predicted octanol–water partition coefficient (Wildman–Crippen LogP) is 2.82. The SMILES string of the molecule is Br.CCCC(C)n1ccnc1. The van der Waals surface area contributed by atoms with Gasteiger partial charge in [-0.25, -0.2) is 4.98 Å². The largest absolute Gasteiger partial charge is 0.335 e. The minimum atomic E-state index is 0. The summed E-state index contributed by atoms with van der Waals surface area (Å²) in [5, 5.41) is 0. The lowest BCUT2D eigenvalue weighted by atomic mass is 10.2. The first kappa shape index (κ1) is 10.7. The van der Waals surface area contributed by atoms with Gasteiger partial charge in [0.15, 0.2) is 0 Å². The Balaban J connectivity index is 0.000001000. The zero-order chi connectivity index (χ0) is 7.40. The predicted molar refractivity (Wildman–Crippen MR) is 52.2 cm³/mol. The first-order valence-corrected chi connectivity index (χ1v) is 3.82. The Labute approximate surface area is 78.4 Å². The highest BCUT2D eigenvalue weighted by molar-refractivity contribution is 8.93. The van der Waals surface area contributed by atoms with E-state index in [1.807, 2.05) is 18.7 Å². The van der Waals surface area contributed by atoms with Crippen molar-refractivity contribution in [2.45, 2.75) is 32.7 Å². The van der Waals surface area contributed by atoms with Gasteiger partial charge >= 0.3 is 0 Å². The maximum absolute atomic E-state index is 3.99. The Morgan fingerprint density at radius 1 is 1.55 bits per heavy atom. The zero-order valence-corrected chi connectivity index (χ0v) is 8.74. The third kappa shape index (κ3) is 3.06. The van der Waals surface area contributed by atoms with E-state index in [2.05, 4.69) is 23.4 Å². The lowest BCUT2D eigenvalue weighted by molar-refractivity contribution is 0.500. The molecule has 0 fully saturated rings. The minimum absolute atomic E-state index is 0. The number of nitrogens with zero attached hydrogens (tertiary/aromatic N) is 2. The molecule has 1 aromatic rings. The van der Waals surface area contributed by atoms with Crippen LogP contribution in [0.2, 0.25) is 0 Å². The Bertz CT molecular complexity index is 172. The lowest BCUT2D eigenvalue weighted by Crippen LogP contribution is -2.00. The minimum Gasteiger partial charge on any atom is -0.335 e. The van der Waals surface area contributed by atoms with Crippen LogP contribution in [0.3, 0.4) is 0 Å². The summed E-state index contributed by atoms with van der Waals surface area (Å²) in [6.07, 6.45) is 8.18.